The molecule has 2 aliphatic heterocycles. The number of likely N-dealkylation sites (tertiary alicyclic amines) is 1. The van der Waals surface area contributed by atoms with Gasteiger partial charge in [-0.05, 0) is 37.2 Å². The zero-order valence-corrected chi connectivity index (χ0v) is 10.6. The largest absolute Gasteiger partial charge is 0.507 e. The van der Waals surface area contributed by atoms with Gasteiger partial charge < -0.3 is 5.11 Å². The van der Waals surface area contributed by atoms with Crippen molar-refractivity contribution in [3.05, 3.63) is 11.8 Å². The van der Waals surface area contributed by atoms with E-state index in [1.165, 1.54) is 25.5 Å². The van der Waals surface area contributed by atoms with E-state index in [4.69, 9.17) is 0 Å². The number of aliphatic imine (C=N–C) groups is 1. The molecule has 1 saturated carbocycles. The Hall–Kier alpha value is -1.16. The van der Waals surface area contributed by atoms with Crippen molar-refractivity contribution < 1.29 is 9.90 Å². The van der Waals surface area contributed by atoms with E-state index in [0.29, 0.717) is 13.0 Å². The predicted molar refractivity (Wildman–Crippen MR) is 69.9 cm³/mol. The number of aliphatic hydroxyl groups excluding tert-OH is 1. The second-order valence-electron chi connectivity index (χ2n) is 5.77. The number of hydrogen-bond donors (Lipinski definition) is 1. The first-order chi connectivity index (χ1) is 8.72. The van der Waals surface area contributed by atoms with Gasteiger partial charge in [0.05, 0.1) is 12.8 Å². The lowest BCUT2D eigenvalue weighted by Crippen LogP contribution is -2.34. The van der Waals surface area contributed by atoms with E-state index in [0.717, 1.165) is 24.9 Å². The molecule has 1 N–H and O–H groups in total. The molecule has 0 spiro atoms. The third-order valence-electron chi connectivity index (χ3n) is 4.49. The van der Waals surface area contributed by atoms with Crippen LogP contribution in [0.4, 0.5) is 0 Å². The molecule has 0 aromatic rings. The van der Waals surface area contributed by atoms with E-state index in [2.05, 4.69) is 9.89 Å². The summed E-state index contributed by atoms with van der Waals surface area (Å²) in [5, 5.41) is 9.19. The molecular weight excluding hydrogens is 228 g/mol. The van der Waals surface area contributed by atoms with Crippen LogP contribution >= 0.6 is 0 Å². The van der Waals surface area contributed by atoms with Crippen molar-refractivity contribution in [2.45, 2.75) is 31.7 Å². The molecule has 2 fully saturated rings. The summed E-state index contributed by atoms with van der Waals surface area (Å²) < 4.78 is 0. The van der Waals surface area contributed by atoms with E-state index in [1.807, 2.05) is 0 Å². The summed E-state index contributed by atoms with van der Waals surface area (Å²) in [7, 11) is 0. The van der Waals surface area contributed by atoms with E-state index in [-0.39, 0.29) is 17.6 Å². The Morgan fingerprint density at radius 2 is 2.11 bits per heavy atom. The number of fused-ring (bicyclic) bond motifs is 1. The fraction of sp³-hybridized carbons (Fsp3) is 0.714. The van der Waals surface area contributed by atoms with Crippen molar-refractivity contribution in [3.8, 4) is 0 Å². The lowest BCUT2D eigenvalue weighted by atomic mass is 10.0. The maximum atomic E-state index is 12.1. The number of aliphatic hydroxyl groups is 1. The second kappa shape index (κ2) is 4.84. The predicted octanol–water partition coefficient (Wildman–Crippen LogP) is 1.57. The molecule has 3 aliphatic rings. The van der Waals surface area contributed by atoms with Crippen LogP contribution in [-0.2, 0) is 4.79 Å². The zero-order valence-electron chi connectivity index (χ0n) is 10.6. The van der Waals surface area contributed by atoms with E-state index >= 15 is 0 Å². The maximum Gasteiger partial charge on any atom is 0.171 e. The number of ketones is 1. The molecule has 0 aromatic carbocycles. The molecule has 98 valence electrons. The van der Waals surface area contributed by atoms with E-state index in [9.17, 15) is 9.90 Å². The minimum absolute atomic E-state index is 0.176. The number of rotatable bonds is 3. The summed E-state index contributed by atoms with van der Waals surface area (Å²) in [5.74, 6) is 2.03. The fourth-order valence-corrected chi connectivity index (χ4v) is 3.51. The van der Waals surface area contributed by atoms with Gasteiger partial charge in [-0.15, -0.1) is 0 Å². The van der Waals surface area contributed by atoms with Gasteiger partial charge in [-0.2, -0.15) is 0 Å². The first kappa shape index (κ1) is 11.9. The molecule has 2 heterocycles. The van der Waals surface area contributed by atoms with Gasteiger partial charge in [0, 0.05) is 13.1 Å². The van der Waals surface area contributed by atoms with E-state index < -0.39 is 0 Å². The van der Waals surface area contributed by atoms with Crippen LogP contribution in [0.25, 0.3) is 0 Å². The van der Waals surface area contributed by atoms with Crippen molar-refractivity contribution in [1.29, 1.82) is 0 Å². The average molecular weight is 248 g/mol. The van der Waals surface area contributed by atoms with Crippen LogP contribution in [0.2, 0.25) is 0 Å². The summed E-state index contributed by atoms with van der Waals surface area (Å²) in [6.07, 6.45) is 7.66. The zero-order chi connectivity index (χ0) is 12.5. The van der Waals surface area contributed by atoms with Gasteiger partial charge in [0.25, 0.3) is 0 Å². The summed E-state index contributed by atoms with van der Waals surface area (Å²) in [6, 6.07) is -0.277. The number of nitrogens with zero attached hydrogens (tertiary/aromatic N) is 2. The highest BCUT2D eigenvalue weighted by Gasteiger charge is 2.37. The highest BCUT2D eigenvalue weighted by molar-refractivity contribution is 5.90. The molecular formula is C14H20N2O2. The van der Waals surface area contributed by atoms with Crippen molar-refractivity contribution in [1.82, 2.24) is 4.90 Å². The highest BCUT2D eigenvalue weighted by Crippen LogP contribution is 2.37. The van der Waals surface area contributed by atoms with Crippen LogP contribution in [0.15, 0.2) is 16.8 Å². The molecule has 1 saturated heterocycles. The van der Waals surface area contributed by atoms with E-state index in [1.54, 1.807) is 6.08 Å². The third-order valence-corrected chi connectivity index (χ3v) is 4.49. The number of carbonyl (C=O) groups excluding carboxylic acids is 1. The average Bonchev–Trinajstić information content (AvgIpc) is 2.90. The Bertz CT molecular complexity index is 391. The molecule has 4 nitrogen and oxygen atoms in total. The van der Waals surface area contributed by atoms with Gasteiger partial charge >= 0.3 is 0 Å². The smallest absolute Gasteiger partial charge is 0.171 e. The lowest BCUT2D eigenvalue weighted by Gasteiger charge is -2.19. The summed E-state index contributed by atoms with van der Waals surface area (Å²) in [6.45, 7) is 2.71. The molecule has 0 aromatic heterocycles. The Morgan fingerprint density at radius 3 is 2.72 bits per heavy atom. The van der Waals surface area contributed by atoms with Crippen molar-refractivity contribution in [2.75, 3.05) is 19.6 Å². The van der Waals surface area contributed by atoms with Crippen LogP contribution in [-0.4, -0.2) is 47.7 Å². The molecule has 4 heteroatoms. The number of dihydropyridines is 1. The SMILES string of the molecule is O=C(CN1CC2CCCC2C1)C1CC=C(O)C=N1. The minimum Gasteiger partial charge on any atom is -0.507 e. The third kappa shape index (κ3) is 2.34. The first-order valence-corrected chi connectivity index (χ1v) is 6.90. The number of Topliss-reactive ketones (excluding diaryl/α,β-unsaturated/α-hetero) is 1. The monoisotopic (exact) mass is 248 g/mol. The van der Waals surface area contributed by atoms with Gasteiger partial charge in [0.1, 0.15) is 11.8 Å². The molecule has 3 rings (SSSR count). The van der Waals surface area contributed by atoms with Crippen LogP contribution in [0.3, 0.4) is 0 Å². The normalized spacial score (nSPS) is 35.6. The van der Waals surface area contributed by atoms with Gasteiger partial charge in [-0.25, -0.2) is 0 Å². The number of allylic oxidation sites excluding steroid dienone is 1. The van der Waals surface area contributed by atoms with Crippen molar-refractivity contribution in [3.63, 3.8) is 0 Å². The maximum absolute atomic E-state index is 12.1. The molecule has 3 unspecified atom stereocenters. The van der Waals surface area contributed by atoms with Crippen molar-refractivity contribution in [2.24, 2.45) is 16.8 Å². The van der Waals surface area contributed by atoms with Crippen LogP contribution < -0.4 is 0 Å². The summed E-state index contributed by atoms with van der Waals surface area (Å²) in [5.41, 5.74) is 0. The van der Waals surface area contributed by atoms with Crippen LogP contribution in [0.1, 0.15) is 25.7 Å². The first-order valence-electron chi connectivity index (χ1n) is 6.90. The van der Waals surface area contributed by atoms with Gasteiger partial charge in [0.2, 0.25) is 0 Å². The fourth-order valence-electron chi connectivity index (χ4n) is 3.51. The molecule has 18 heavy (non-hydrogen) atoms. The standard InChI is InChI=1S/C14H20N2O2/c17-12-4-5-13(15-6-12)14(18)9-16-7-10-2-1-3-11(10)8-16/h4,6,10-11,13,17H,1-3,5,7-9H2. The van der Waals surface area contributed by atoms with Crippen LogP contribution in [0, 0.1) is 11.8 Å². The number of hydrogen-bond acceptors (Lipinski definition) is 4. The molecule has 0 amide bonds. The second-order valence-corrected chi connectivity index (χ2v) is 5.77. The van der Waals surface area contributed by atoms with Gasteiger partial charge in [-0.1, -0.05) is 6.42 Å². The van der Waals surface area contributed by atoms with Gasteiger partial charge in [-0.3, -0.25) is 14.7 Å². The van der Waals surface area contributed by atoms with Crippen LogP contribution in [0.5, 0.6) is 0 Å². The van der Waals surface area contributed by atoms with Crippen molar-refractivity contribution >= 4 is 12.0 Å². The Balaban J connectivity index is 1.52. The number of carbonyl (C=O) groups is 1. The summed E-state index contributed by atoms with van der Waals surface area (Å²) in [4.78, 5) is 18.5. The molecule has 0 bridgehead atoms. The Kier molecular flexibility index (Phi) is 3.20. The molecule has 1 aliphatic carbocycles. The Labute approximate surface area is 107 Å². The highest BCUT2D eigenvalue weighted by atomic mass is 16.3. The van der Waals surface area contributed by atoms with Gasteiger partial charge in [0.15, 0.2) is 5.78 Å². The topological polar surface area (TPSA) is 52.9 Å². The molecule has 0 radical (unpaired) electrons. The molecule has 3 atom stereocenters. The Morgan fingerprint density at radius 1 is 1.39 bits per heavy atom. The lowest BCUT2D eigenvalue weighted by molar-refractivity contribution is -0.121. The quantitative estimate of drug-likeness (QED) is 0.825. The summed E-state index contributed by atoms with van der Waals surface area (Å²) >= 11 is 0. The minimum atomic E-state index is -0.277.